The van der Waals surface area contributed by atoms with Crippen molar-refractivity contribution in [1.82, 2.24) is 10.3 Å². The van der Waals surface area contributed by atoms with E-state index in [-0.39, 0.29) is 16.8 Å². The first kappa shape index (κ1) is 19.5. The van der Waals surface area contributed by atoms with Crippen LogP contribution in [0.15, 0.2) is 71.2 Å². The maximum absolute atomic E-state index is 12.3. The summed E-state index contributed by atoms with van der Waals surface area (Å²) in [6.45, 7) is 0. The number of anilines is 1. The number of amides is 1. The molecule has 0 saturated carbocycles. The summed E-state index contributed by atoms with van der Waals surface area (Å²) < 4.78 is 1.93. The quantitative estimate of drug-likeness (QED) is 0.262. The van der Waals surface area contributed by atoms with Crippen molar-refractivity contribution in [3.05, 3.63) is 76.8 Å². The van der Waals surface area contributed by atoms with Gasteiger partial charge in [-0.2, -0.15) is 0 Å². The molecule has 3 aromatic carbocycles. The van der Waals surface area contributed by atoms with Crippen molar-refractivity contribution in [1.29, 1.82) is 0 Å². The van der Waals surface area contributed by atoms with Crippen LogP contribution in [-0.4, -0.2) is 21.1 Å². The van der Waals surface area contributed by atoms with Crippen LogP contribution in [0.4, 0.5) is 5.69 Å². The normalized spacial score (nSPS) is 10.7. The number of halogens is 1. The summed E-state index contributed by atoms with van der Waals surface area (Å²) in [4.78, 5) is 16.9. The van der Waals surface area contributed by atoms with Crippen molar-refractivity contribution in [3.8, 4) is 16.3 Å². The lowest BCUT2D eigenvalue weighted by Gasteiger charge is -2.11. The van der Waals surface area contributed by atoms with Crippen molar-refractivity contribution in [2.24, 2.45) is 0 Å². The molecule has 0 spiro atoms. The molecular weight excluding hydrogens is 470 g/mol. The topological polar surface area (TPSA) is 74.2 Å². The van der Waals surface area contributed by atoms with Crippen molar-refractivity contribution >= 4 is 66.4 Å². The molecule has 29 heavy (non-hydrogen) atoms. The highest BCUT2D eigenvalue weighted by molar-refractivity contribution is 9.10. The number of phenolic OH excluding ortho intramolecular Hbond substituents is 1. The number of thiocarbonyl (C=S) groups is 1. The second-order valence-electron chi connectivity index (χ2n) is 6.13. The third kappa shape index (κ3) is 4.45. The SMILES string of the molecule is O=C(NC(=S)Nc1ccc(O)c(-c2nc3ccccc3s2)c1)c1ccc(Br)cc1. The van der Waals surface area contributed by atoms with Gasteiger partial charge < -0.3 is 10.4 Å². The predicted molar refractivity (Wildman–Crippen MR) is 125 cm³/mol. The minimum Gasteiger partial charge on any atom is -0.507 e. The summed E-state index contributed by atoms with van der Waals surface area (Å²) in [6.07, 6.45) is 0. The van der Waals surface area contributed by atoms with Crippen LogP contribution in [0.1, 0.15) is 10.4 Å². The first-order valence-electron chi connectivity index (χ1n) is 8.56. The number of benzene rings is 3. The number of hydrogen-bond acceptors (Lipinski definition) is 5. The lowest BCUT2D eigenvalue weighted by molar-refractivity contribution is 0.0977. The molecule has 1 amide bonds. The van der Waals surface area contributed by atoms with Crippen LogP contribution in [0.3, 0.4) is 0 Å². The van der Waals surface area contributed by atoms with E-state index in [1.807, 2.05) is 24.3 Å². The fourth-order valence-corrected chi connectivity index (χ4v) is 4.18. The molecule has 0 saturated heterocycles. The van der Waals surface area contributed by atoms with Gasteiger partial charge >= 0.3 is 0 Å². The second kappa shape index (κ2) is 8.28. The molecule has 0 unspecified atom stereocenters. The van der Waals surface area contributed by atoms with E-state index < -0.39 is 0 Å². The zero-order valence-corrected chi connectivity index (χ0v) is 18.1. The zero-order chi connectivity index (χ0) is 20.4. The molecule has 144 valence electrons. The van der Waals surface area contributed by atoms with Crippen molar-refractivity contribution in [3.63, 3.8) is 0 Å². The van der Waals surface area contributed by atoms with Gasteiger partial charge in [0.1, 0.15) is 10.8 Å². The van der Waals surface area contributed by atoms with Crippen molar-refractivity contribution in [2.75, 3.05) is 5.32 Å². The lowest BCUT2D eigenvalue weighted by atomic mass is 10.2. The van der Waals surface area contributed by atoms with Crippen LogP contribution in [-0.2, 0) is 0 Å². The first-order valence-corrected chi connectivity index (χ1v) is 10.6. The molecule has 1 heterocycles. The lowest BCUT2D eigenvalue weighted by Crippen LogP contribution is -2.34. The molecule has 4 aromatic rings. The molecule has 0 atom stereocenters. The number of nitrogens with one attached hydrogen (secondary N) is 2. The standard InChI is InChI=1S/C21H14BrN3O2S2/c22-13-7-5-12(6-8-13)19(27)25-21(28)23-14-9-10-17(26)15(11-14)20-24-16-3-1-2-4-18(16)29-20/h1-11,26H,(H2,23,25,27,28). The average Bonchev–Trinajstić information content (AvgIpc) is 3.14. The maximum Gasteiger partial charge on any atom is 0.257 e. The molecule has 4 rings (SSSR count). The number of thiazole rings is 1. The van der Waals surface area contributed by atoms with E-state index >= 15 is 0 Å². The van der Waals surface area contributed by atoms with Gasteiger partial charge in [-0.15, -0.1) is 11.3 Å². The predicted octanol–water partition coefficient (Wildman–Crippen LogP) is 5.56. The number of aromatic hydroxyl groups is 1. The highest BCUT2D eigenvalue weighted by Crippen LogP contribution is 2.36. The van der Waals surface area contributed by atoms with Gasteiger partial charge in [0.25, 0.3) is 5.91 Å². The Morgan fingerprint density at radius 2 is 1.83 bits per heavy atom. The number of phenols is 1. The highest BCUT2D eigenvalue weighted by atomic mass is 79.9. The van der Waals surface area contributed by atoms with Crippen LogP contribution in [0.25, 0.3) is 20.8 Å². The summed E-state index contributed by atoms with van der Waals surface area (Å²) in [5.41, 5.74) is 2.61. The van der Waals surface area contributed by atoms with Crippen LogP contribution < -0.4 is 10.6 Å². The molecule has 0 aliphatic heterocycles. The summed E-state index contributed by atoms with van der Waals surface area (Å²) in [5.74, 6) is -0.181. The first-order chi connectivity index (χ1) is 14.0. The fraction of sp³-hybridized carbons (Fsp3) is 0. The molecular formula is C21H14BrN3O2S2. The Hall–Kier alpha value is -2.81. The Labute approximate surface area is 184 Å². The molecule has 3 N–H and O–H groups in total. The zero-order valence-electron chi connectivity index (χ0n) is 14.8. The Morgan fingerprint density at radius 3 is 2.59 bits per heavy atom. The van der Waals surface area contributed by atoms with Crippen LogP contribution >= 0.6 is 39.5 Å². The smallest absolute Gasteiger partial charge is 0.257 e. The third-order valence-electron chi connectivity index (χ3n) is 4.11. The van der Waals surface area contributed by atoms with E-state index in [1.165, 1.54) is 11.3 Å². The number of rotatable bonds is 3. The van der Waals surface area contributed by atoms with Gasteiger partial charge in [0.2, 0.25) is 0 Å². The van der Waals surface area contributed by atoms with Crippen LogP contribution in [0, 0.1) is 0 Å². The monoisotopic (exact) mass is 483 g/mol. The molecule has 0 aliphatic carbocycles. The Bertz CT molecular complexity index is 1190. The number of fused-ring (bicyclic) bond motifs is 1. The minimum absolute atomic E-state index is 0.124. The average molecular weight is 484 g/mol. The molecule has 1 aromatic heterocycles. The number of hydrogen-bond donors (Lipinski definition) is 3. The second-order valence-corrected chi connectivity index (χ2v) is 8.49. The number of nitrogens with zero attached hydrogens (tertiary/aromatic N) is 1. The number of para-hydroxylation sites is 1. The summed E-state index contributed by atoms with van der Waals surface area (Å²) in [7, 11) is 0. The van der Waals surface area contributed by atoms with Crippen LogP contribution in [0.5, 0.6) is 5.75 Å². The Morgan fingerprint density at radius 1 is 1.07 bits per heavy atom. The van der Waals surface area contributed by atoms with Crippen LogP contribution in [0.2, 0.25) is 0 Å². The Balaban J connectivity index is 1.52. The molecule has 0 bridgehead atoms. The van der Waals surface area contributed by atoms with E-state index in [4.69, 9.17) is 12.2 Å². The number of aromatic nitrogens is 1. The van der Waals surface area contributed by atoms with Gasteiger partial charge in [0.15, 0.2) is 5.11 Å². The number of carbonyl (C=O) groups excluding carboxylic acids is 1. The molecule has 0 fully saturated rings. The maximum atomic E-state index is 12.3. The third-order valence-corrected chi connectivity index (χ3v) is 5.91. The molecule has 5 nitrogen and oxygen atoms in total. The molecule has 0 aliphatic rings. The number of carbonyl (C=O) groups is 1. The van der Waals surface area contributed by atoms with Gasteiger partial charge in [-0.1, -0.05) is 28.1 Å². The van der Waals surface area contributed by atoms with E-state index in [0.29, 0.717) is 21.8 Å². The van der Waals surface area contributed by atoms with Gasteiger partial charge in [-0.05, 0) is 66.8 Å². The summed E-state index contributed by atoms with van der Waals surface area (Å²) in [5, 5.41) is 16.8. The van der Waals surface area contributed by atoms with E-state index in [1.54, 1.807) is 42.5 Å². The van der Waals surface area contributed by atoms with Crippen molar-refractivity contribution in [2.45, 2.75) is 0 Å². The summed E-state index contributed by atoms with van der Waals surface area (Å²) in [6, 6.07) is 19.8. The van der Waals surface area contributed by atoms with E-state index in [0.717, 1.165) is 14.7 Å². The highest BCUT2D eigenvalue weighted by Gasteiger charge is 2.13. The summed E-state index contributed by atoms with van der Waals surface area (Å²) >= 11 is 10.1. The fourth-order valence-electron chi connectivity index (χ4n) is 2.71. The van der Waals surface area contributed by atoms with E-state index in [9.17, 15) is 9.90 Å². The van der Waals surface area contributed by atoms with Crippen molar-refractivity contribution < 1.29 is 9.90 Å². The largest absolute Gasteiger partial charge is 0.507 e. The van der Waals surface area contributed by atoms with Gasteiger partial charge in [-0.3, -0.25) is 10.1 Å². The Kier molecular flexibility index (Phi) is 5.57. The minimum atomic E-state index is -0.305. The van der Waals surface area contributed by atoms with Gasteiger partial charge in [0.05, 0.1) is 15.8 Å². The molecule has 0 radical (unpaired) electrons. The van der Waals surface area contributed by atoms with E-state index in [2.05, 4.69) is 31.5 Å². The van der Waals surface area contributed by atoms with Gasteiger partial charge in [-0.25, -0.2) is 4.98 Å². The molecule has 8 heteroatoms. The van der Waals surface area contributed by atoms with Gasteiger partial charge in [0, 0.05) is 15.7 Å².